The molecular formula is C36H42N4O3. The van der Waals surface area contributed by atoms with E-state index in [9.17, 15) is 6.17 Å². The second-order valence-electron chi connectivity index (χ2n) is 12.6. The molecule has 0 radical (unpaired) electrons. The summed E-state index contributed by atoms with van der Waals surface area (Å²) in [6, 6.07) is 16.6. The van der Waals surface area contributed by atoms with Crippen LogP contribution < -0.4 is 9.64 Å². The molecule has 0 amide bonds. The lowest BCUT2D eigenvalue weighted by Gasteiger charge is -2.56. The van der Waals surface area contributed by atoms with Crippen molar-refractivity contribution in [3.63, 3.8) is 0 Å². The summed E-state index contributed by atoms with van der Waals surface area (Å²) in [4.78, 5) is 24.4. The van der Waals surface area contributed by atoms with Crippen LogP contribution in [-0.2, 0) is 4.74 Å². The zero-order valence-corrected chi connectivity index (χ0v) is 25.2. The minimum Gasteiger partial charge on any atom is -0.465 e. The van der Waals surface area contributed by atoms with Crippen LogP contribution in [0.3, 0.4) is 0 Å². The third-order valence-electron chi connectivity index (χ3n) is 9.69. The molecule has 7 heteroatoms. The van der Waals surface area contributed by atoms with Gasteiger partial charge < -0.3 is 19.4 Å². The third kappa shape index (κ3) is 5.29. The predicted molar refractivity (Wildman–Crippen MR) is 170 cm³/mol. The van der Waals surface area contributed by atoms with Gasteiger partial charge in [-0.25, -0.2) is 9.78 Å². The summed E-state index contributed by atoms with van der Waals surface area (Å²) in [7, 11) is 1.37. The zero-order chi connectivity index (χ0) is 32.3. The number of fused-ring (bicyclic) bond motifs is 1. The number of hydrogen-bond donors (Lipinski definition) is 1. The van der Waals surface area contributed by atoms with Crippen molar-refractivity contribution in [1.82, 2.24) is 14.9 Å². The maximum atomic E-state index is 12.6. The fourth-order valence-corrected chi connectivity index (χ4v) is 7.33. The first-order chi connectivity index (χ1) is 22.0. The molecule has 43 heavy (non-hydrogen) atoms. The predicted octanol–water partition coefficient (Wildman–Crippen LogP) is 7.85. The summed E-state index contributed by atoms with van der Waals surface area (Å²) >= 11 is 0. The number of carbonyl (C=O) groups excluding carboxylic acids is 1. The number of ether oxygens (including phenoxy) is 2. The maximum absolute atomic E-state index is 12.6. The van der Waals surface area contributed by atoms with Crippen molar-refractivity contribution in [2.45, 2.75) is 70.4 Å². The molecule has 2 aromatic heterocycles. The van der Waals surface area contributed by atoms with Crippen molar-refractivity contribution in [2.75, 3.05) is 31.6 Å². The topological polar surface area (TPSA) is 70.7 Å². The van der Waals surface area contributed by atoms with Crippen LogP contribution in [0.2, 0.25) is 0 Å². The largest absolute Gasteiger partial charge is 0.465 e. The summed E-state index contributed by atoms with van der Waals surface area (Å²) in [5, 5.41) is 0.919. The van der Waals surface area contributed by atoms with Crippen molar-refractivity contribution in [2.24, 2.45) is 5.41 Å². The Labute approximate surface area is 258 Å². The van der Waals surface area contributed by atoms with Crippen LogP contribution in [0.1, 0.15) is 89.9 Å². The second kappa shape index (κ2) is 11.3. The van der Waals surface area contributed by atoms with Crippen LogP contribution in [0.4, 0.5) is 5.69 Å². The minimum absolute atomic E-state index is 0.0482. The fourth-order valence-electron chi connectivity index (χ4n) is 7.33. The average molecular weight is 582 g/mol. The van der Waals surface area contributed by atoms with E-state index in [-0.39, 0.29) is 17.4 Å². The van der Waals surface area contributed by atoms with Crippen molar-refractivity contribution in [3.8, 4) is 11.5 Å². The molecular weight excluding hydrogens is 536 g/mol. The van der Waals surface area contributed by atoms with Crippen LogP contribution in [0.15, 0.2) is 67.0 Å². The molecule has 4 aromatic rings. The monoisotopic (exact) mass is 581 g/mol. The SMILES string of the molecule is [2H]C1([2H])CCC([2H])(c2ccccc2C(C)C)N1C1CC2(CCN(c3ccc(C(=O)OC)c(Oc4cnc5[nH]ccc5c4)c3)CC2)C1. The Balaban J connectivity index is 1.06. The van der Waals surface area contributed by atoms with E-state index in [0.717, 1.165) is 66.6 Å². The zero-order valence-electron chi connectivity index (χ0n) is 28.2. The van der Waals surface area contributed by atoms with Gasteiger partial charge in [-0.1, -0.05) is 38.1 Å². The van der Waals surface area contributed by atoms with Gasteiger partial charge in [-0.05, 0) is 91.7 Å². The lowest BCUT2D eigenvalue weighted by atomic mass is 9.59. The fraction of sp³-hybridized carbons (Fsp3) is 0.444. The number of benzene rings is 2. The first-order valence-electron chi connectivity index (χ1n) is 17.0. The molecule has 2 saturated heterocycles. The number of likely N-dealkylation sites (tertiary alicyclic amines) is 1. The number of rotatable bonds is 7. The molecule has 3 aliphatic rings. The number of pyridine rings is 1. The normalized spacial score (nSPS) is 24.5. The maximum Gasteiger partial charge on any atom is 0.341 e. The number of aromatic amines is 1. The highest BCUT2D eigenvalue weighted by Gasteiger charge is 2.50. The van der Waals surface area contributed by atoms with Crippen LogP contribution in [0.25, 0.3) is 11.0 Å². The van der Waals surface area contributed by atoms with Gasteiger partial charge in [0, 0.05) is 51.2 Å². The highest BCUT2D eigenvalue weighted by molar-refractivity contribution is 5.93. The number of esters is 1. The van der Waals surface area contributed by atoms with Crippen LogP contribution in [-0.4, -0.2) is 53.6 Å². The van der Waals surface area contributed by atoms with Crippen molar-refractivity contribution in [3.05, 3.63) is 83.7 Å². The van der Waals surface area contributed by atoms with Gasteiger partial charge in [0.25, 0.3) is 0 Å². The van der Waals surface area contributed by atoms with Gasteiger partial charge in [0.05, 0.1) is 14.7 Å². The van der Waals surface area contributed by atoms with Gasteiger partial charge in [-0.3, -0.25) is 4.90 Å². The molecule has 1 spiro atoms. The Morgan fingerprint density at radius 2 is 1.95 bits per heavy atom. The van der Waals surface area contributed by atoms with Gasteiger partial charge in [0.15, 0.2) is 0 Å². The molecule has 7 nitrogen and oxygen atoms in total. The van der Waals surface area contributed by atoms with E-state index in [4.69, 9.17) is 12.2 Å². The number of nitrogens with one attached hydrogen (secondary N) is 1. The second-order valence-corrected chi connectivity index (χ2v) is 12.6. The van der Waals surface area contributed by atoms with E-state index in [1.165, 1.54) is 7.11 Å². The number of H-pyrrole nitrogens is 1. The van der Waals surface area contributed by atoms with Crippen LogP contribution >= 0.6 is 0 Å². The highest BCUT2D eigenvalue weighted by atomic mass is 16.5. The first kappa shape index (κ1) is 24.6. The van der Waals surface area contributed by atoms with Gasteiger partial charge in [-0.15, -0.1) is 0 Å². The van der Waals surface area contributed by atoms with E-state index in [2.05, 4.69) is 34.8 Å². The Morgan fingerprint density at radius 1 is 1.14 bits per heavy atom. The number of methoxy groups -OCH3 is 1. The molecule has 2 aromatic carbocycles. The van der Waals surface area contributed by atoms with Crippen molar-refractivity contribution >= 4 is 22.7 Å². The number of nitrogens with zero attached hydrogens (tertiary/aromatic N) is 3. The number of piperidine rings is 1. The average Bonchev–Trinajstić information content (AvgIpc) is 3.60. The van der Waals surface area contributed by atoms with E-state index in [1.54, 1.807) is 12.3 Å². The van der Waals surface area contributed by atoms with Gasteiger partial charge >= 0.3 is 5.97 Å². The van der Waals surface area contributed by atoms with E-state index in [0.29, 0.717) is 29.9 Å². The lowest BCUT2D eigenvalue weighted by Crippen LogP contribution is -2.54. The smallest absolute Gasteiger partial charge is 0.341 e. The highest BCUT2D eigenvalue weighted by Crippen LogP contribution is 2.54. The van der Waals surface area contributed by atoms with E-state index >= 15 is 0 Å². The molecule has 0 bridgehead atoms. The van der Waals surface area contributed by atoms with Gasteiger partial charge in [0.2, 0.25) is 0 Å². The number of carbonyl (C=O) groups is 1. The molecule has 1 N–H and O–H groups in total. The molecule has 4 heterocycles. The quantitative estimate of drug-likeness (QED) is 0.224. The molecule has 224 valence electrons. The molecule has 2 aliphatic heterocycles. The minimum atomic E-state index is -1.50. The Kier molecular flexibility index (Phi) is 6.49. The van der Waals surface area contributed by atoms with Crippen molar-refractivity contribution < 1.29 is 18.4 Å². The number of aromatic nitrogens is 2. The summed E-state index contributed by atoms with van der Waals surface area (Å²) in [6.07, 6.45) is 8.16. The molecule has 3 fully saturated rings. The lowest BCUT2D eigenvalue weighted by molar-refractivity contribution is -0.0227. The summed E-state index contributed by atoms with van der Waals surface area (Å²) < 4.78 is 38.9. The Morgan fingerprint density at radius 3 is 2.74 bits per heavy atom. The van der Waals surface area contributed by atoms with E-state index < -0.39 is 18.5 Å². The standard InChI is InChI=1S/C36H42N4O3/c1-24(2)29-7-4-5-8-30(29)32-9-6-16-40(32)27-21-36(22-27)13-17-39(18-14-36)26-10-11-31(35(41)42-3)33(20-26)43-28-19-25-12-15-37-34(25)38-23-28/h4-5,7-8,10-12,15,19-20,23-24,27,32H,6,9,13-14,16-18,21-22H2,1-3H3,(H,37,38)/i16D2,32D. The van der Waals surface area contributed by atoms with Gasteiger partial charge in [-0.2, -0.15) is 0 Å². The number of anilines is 1. The molecule has 1 unspecified atom stereocenters. The number of hydrogen-bond acceptors (Lipinski definition) is 6. The molecule has 7 rings (SSSR count). The Bertz CT molecular complexity index is 1760. The van der Waals surface area contributed by atoms with Crippen LogP contribution in [0.5, 0.6) is 11.5 Å². The summed E-state index contributed by atoms with van der Waals surface area (Å²) in [6.45, 7) is 4.52. The third-order valence-corrected chi connectivity index (χ3v) is 9.69. The first-order valence-corrected chi connectivity index (χ1v) is 15.5. The van der Waals surface area contributed by atoms with Gasteiger partial charge in [0.1, 0.15) is 22.7 Å². The molecule has 1 aliphatic carbocycles. The van der Waals surface area contributed by atoms with E-state index in [1.807, 2.05) is 53.6 Å². The molecule has 1 atom stereocenters. The van der Waals surface area contributed by atoms with Crippen molar-refractivity contribution in [1.29, 1.82) is 0 Å². The van der Waals surface area contributed by atoms with Crippen LogP contribution in [0, 0.1) is 5.41 Å². The summed E-state index contributed by atoms with van der Waals surface area (Å²) in [5.74, 6) is 0.778. The summed E-state index contributed by atoms with van der Waals surface area (Å²) in [5.41, 5.74) is 4.36. The molecule has 1 saturated carbocycles. The Hall–Kier alpha value is -3.84.